The van der Waals surface area contributed by atoms with Gasteiger partial charge >= 0.3 is 71.1 Å². The van der Waals surface area contributed by atoms with Crippen molar-refractivity contribution in [2.45, 2.75) is 13.0 Å². The molecule has 46 heavy (non-hydrogen) atoms. The maximum atomic E-state index is 11.9. The van der Waals surface area contributed by atoms with E-state index in [4.69, 9.17) is 15.9 Å². The van der Waals surface area contributed by atoms with Crippen LogP contribution < -0.4 is 68.9 Å². The van der Waals surface area contributed by atoms with E-state index in [0.717, 1.165) is 0 Å². The predicted molar refractivity (Wildman–Crippen MR) is 207 cm³/mol. The predicted octanol–water partition coefficient (Wildman–Crippen LogP) is -2.48. The van der Waals surface area contributed by atoms with Gasteiger partial charge in [-0.05, 0) is 149 Å². The van der Waals surface area contributed by atoms with Crippen LogP contribution in [0.25, 0.3) is 0 Å². The Hall–Kier alpha value is -4.76. The molecule has 0 bridgehead atoms. The third kappa shape index (κ3) is 37.3. The molecule has 0 saturated heterocycles. The molecule has 0 N–H and O–H groups in total. The number of hydrogen-bond acceptors (Lipinski definition) is 8. The average Bonchev–Trinajstić information content (AvgIpc) is 2.97. The molecule has 0 aromatic rings. The van der Waals surface area contributed by atoms with E-state index in [1.165, 1.54) is 0 Å². The fourth-order valence-electron chi connectivity index (χ4n) is 1.53. The Balaban J connectivity index is -0.0000000294. The maximum absolute atomic E-state index is 11.9. The molecular formula is C34H55Na2O8PS. The van der Waals surface area contributed by atoms with Crippen LogP contribution in [0.1, 0.15) is 38.3 Å². The van der Waals surface area contributed by atoms with Crippen molar-refractivity contribution in [1.29, 1.82) is 0 Å². The average molecular weight is 701 g/mol. The first-order valence-corrected chi connectivity index (χ1v) is 12.2. The smallest absolute Gasteiger partial charge is 0.790 e. The minimum Gasteiger partial charge on any atom is -0.790 e. The molecule has 12 heteroatoms. The second-order valence-corrected chi connectivity index (χ2v) is 7.04. The third-order valence-electron chi connectivity index (χ3n) is 2.93. The van der Waals surface area contributed by atoms with Crippen LogP contribution >= 0.6 is 21.3 Å². The minimum absolute atomic E-state index is 0. The molecule has 0 fully saturated rings. The largest absolute Gasteiger partial charge is 1.00 e. The van der Waals surface area contributed by atoms with E-state index in [0.29, 0.717) is 0 Å². The van der Waals surface area contributed by atoms with E-state index in [1.54, 1.807) is 6.92 Å². The van der Waals surface area contributed by atoms with Gasteiger partial charge in [0.2, 0.25) is 0 Å². The number of esters is 2. The Morgan fingerprint density at radius 3 is 1.35 bits per heavy atom. The monoisotopic (exact) mass is 700 g/mol. The molecule has 8 nitrogen and oxygen atoms in total. The molecule has 252 valence electrons. The molecule has 0 unspecified atom stereocenters. The normalized spacial score (nSPS) is 6.83. The topological polar surface area (TPSA) is 125 Å². The van der Waals surface area contributed by atoms with Crippen molar-refractivity contribution >= 4 is 33.3 Å². The molecule has 0 heterocycles. The zero-order valence-corrected chi connectivity index (χ0v) is 30.2. The Morgan fingerprint density at radius 2 is 0.978 bits per heavy atom. The van der Waals surface area contributed by atoms with Crippen LogP contribution in [-0.4, -0.2) is 31.3 Å². The number of phosphoric ester groups is 1. The number of terminal acetylenes is 1. The van der Waals surface area contributed by atoms with Gasteiger partial charge in [-0.2, -0.15) is 13.5 Å². The Labute approximate surface area is 352 Å². The van der Waals surface area contributed by atoms with Gasteiger partial charge in [0, 0.05) is 43.2 Å². The van der Waals surface area contributed by atoms with E-state index >= 15 is 0 Å². The summed E-state index contributed by atoms with van der Waals surface area (Å²) >= 11 is 0. The van der Waals surface area contributed by atoms with Crippen molar-refractivity contribution in [3.8, 4) is 166 Å². The van der Waals surface area contributed by atoms with Gasteiger partial charge in [0.25, 0.3) is 0 Å². The van der Waals surface area contributed by atoms with E-state index in [1.807, 2.05) is 11.8 Å². The Bertz CT molecular complexity index is 2120. The fourth-order valence-corrected chi connectivity index (χ4v) is 1.88. The first kappa shape index (κ1) is 48.2. The quantitative estimate of drug-likeness (QED) is 0.0982. The molecule has 0 aliphatic heterocycles. The summed E-state index contributed by atoms with van der Waals surface area (Å²) in [6, 6.07) is 0. The van der Waals surface area contributed by atoms with Crippen LogP contribution in [0.2, 0.25) is 0 Å². The zero-order valence-electron chi connectivity index (χ0n) is 24.3. The van der Waals surface area contributed by atoms with Crippen LogP contribution in [0.15, 0.2) is 0 Å². The fraction of sp³-hybridized carbons (Fsp3) is 0.118. The van der Waals surface area contributed by atoms with E-state index in [9.17, 15) is 23.9 Å². The van der Waals surface area contributed by atoms with Crippen LogP contribution in [0.3, 0.4) is 0 Å². The molecule has 0 aliphatic rings. The van der Waals surface area contributed by atoms with Crippen LogP contribution in [0.5, 0.6) is 0 Å². The van der Waals surface area contributed by atoms with Gasteiger partial charge in [0.05, 0.1) is 14.4 Å². The molecule has 0 aromatic carbocycles. The van der Waals surface area contributed by atoms with Crippen molar-refractivity contribution in [2.75, 3.05) is 13.2 Å². The Morgan fingerprint density at radius 1 is 0.630 bits per heavy atom. The second kappa shape index (κ2) is 34.7. The van der Waals surface area contributed by atoms with Gasteiger partial charge in [-0.15, -0.1) is 6.42 Å². The van der Waals surface area contributed by atoms with Gasteiger partial charge < -0.3 is 28.3 Å². The second-order valence-electron chi connectivity index (χ2n) is 5.89. The summed E-state index contributed by atoms with van der Waals surface area (Å²) in [5.41, 5.74) is 0. The molecule has 0 saturated carbocycles. The van der Waals surface area contributed by atoms with Crippen molar-refractivity contribution in [2.24, 2.45) is 0 Å². The van der Waals surface area contributed by atoms with Crippen molar-refractivity contribution < 1.29 is 128 Å². The van der Waals surface area contributed by atoms with Crippen molar-refractivity contribution in [3.63, 3.8) is 0 Å². The number of carbonyl (C=O) groups excluding carboxylic acids is 2. The van der Waals surface area contributed by atoms with Gasteiger partial charge in [-0.3, -0.25) is 0 Å². The standard InChI is InChI=1S/C34H11O8P.2Na.H2S.22H2/c1-3-5-7-9-11-13-15-17-19-21-23-25-27-29-34(36)42-32(31-41-43(37,38)39)30-40-33(35)28-26-24-22-20-18-16-14-12-10-8-6-4-2;;;;;;;;;;;;;;;;;;;;;;;;;/h2,32H,30-31H2,1H3,(H2,37,38,39);;;1H2;22*1H/q;2*+1;;;;;;;;;;;;;;;;;;;;;;;/p-2/t32-;;;;;;;;;;;;;;;;;;;;;;;;;/m0........................./s1. The number of phosphoric acid groups is 1. The molecule has 0 rings (SSSR count). The summed E-state index contributed by atoms with van der Waals surface area (Å²) < 4.78 is 24.4. The number of rotatable bonds is 6. The zero-order chi connectivity index (χ0) is 31.9. The van der Waals surface area contributed by atoms with Crippen LogP contribution in [0.4, 0.5) is 0 Å². The van der Waals surface area contributed by atoms with Crippen molar-refractivity contribution in [3.05, 3.63) is 0 Å². The van der Waals surface area contributed by atoms with Crippen molar-refractivity contribution in [1.82, 2.24) is 0 Å². The summed E-state index contributed by atoms with van der Waals surface area (Å²) in [6.45, 7) is -0.0441. The number of carbonyl (C=O) groups is 2. The van der Waals surface area contributed by atoms with Crippen LogP contribution in [0, 0.1) is 166 Å². The first-order valence-electron chi connectivity index (χ1n) is 10.7. The minimum atomic E-state index is -5.43. The van der Waals surface area contributed by atoms with Gasteiger partial charge in [0.1, 0.15) is 6.61 Å². The molecule has 0 aliphatic carbocycles. The molecule has 1 atom stereocenters. The molecule has 0 spiro atoms. The number of hydrogen-bond donors (Lipinski definition) is 0. The summed E-state index contributed by atoms with van der Waals surface area (Å²) in [7, 11) is -5.43. The maximum Gasteiger partial charge on any atom is 1.00 e. The van der Waals surface area contributed by atoms with Gasteiger partial charge in [0.15, 0.2) is 6.10 Å². The molecule has 0 aromatic heterocycles. The van der Waals surface area contributed by atoms with E-state index in [-0.39, 0.29) is 104 Å². The first-order chi connectivity index (χ1) is 20.8. The van der Waals surface area contributed by atoms with Crippen LogP contribution in [-0.2, 0) is 28.2 Å². The summed E-state index contributed by atoms with van der Waals surface area (Å²) in [5.74, 6) is 60.1. The summed E-state index contributed by atoms with van der Waals surface area (Å²) in [4.78, 5) is 45.1. The van der Waals surface area contributed by atoms with Gasteiger partial charge in [-0.1, -0.05) is 5.92 Å². The molecule has 0 amide bonds. The molecular weight excluding hydrogens is 645 g/mol. The van der Waals surface area contributed by atoms with Gasteiger partial charge in [-0.25, -0.2) is 9.59 Å². The molecule has 0 radical (unpaired) electrons. The summed E-state index contributed by atoms with van der Waals surface area (Å²) in [5, 5.41) is 0. The Kier molecular flexibility index (Phi) is 36.4. The third-order valence-corrected chi connectivity index (χ3v) is 3.40. The summed E-state index contributed by atoms with van der Waals surface area (Å²) in [6.07, 6.45) is 3.38. The van der Waals surface area contributed by atoms with E-state index < -0.39 is 39.1 Å². The van der Waals surface area contributed by atoms with E-state index in [2.05, 4.69) is 153 Å². The SMILES string of the molecule is C#CC#CC#CC#CC#CC#CC#CC(=O)OC[C@@H](COP(=O)([O-])[O-])OC(=O)C#CC#CC#CC#CC#CC#CC#CC.S.[HH].[HH].[HH].[HH].[HH].[HH].[HH].[HH].[HH].[HH].[HH].[HH].[HH].[HH].[HH].[HH].[HH].[HH].[HH].[HH].[HH].[HH].[Na+].[Na+]. The number of ether oxygens (including phenoxy) is 2.